The summed E-state index contributed by atoms with van der Waals surface area (Å²) in [5.41, 5.74) is 5.92. The van der Waals surface area contributed by atoms with Crippen LogP contribution in [0.2, 0.25) is 0 Å². The molecule has 18 heavy (non-hydrogen) atoms. The van der Waals surface area contributed by atoms with E-state index in [-0.39, 0.29) is 31.0 Å². The van der Waals surface area contributed by atoms with E-state index in [1.807, 2.05) is 0 Å². The van der Waals surface area contributed by atoms with E-state index in [0.717, 1.165) is 19.3 Å². The fraction of sp³-hybridized carbons (Fsp3) is 0.917. The standard InChI is InChI=1S/C12H22F2N2O2/c1-8-2-3-10(15)9(6-8)12(17)16-4-5-18-7-11(13)14/h8-11H,2-7,15H2,1H3,(H,16,17). The van der Waals surface area contributed by atoms with Crippen LogP contribution in [0.25, 0.3) is 0 Å². The molecule has 1 rings (SSSR count). The highest BCUT2D eigenvalue weighted by Crippen LogP contribution is 2.27. The molecular formula is C12H22F2N2O2. The summed E-state index contributed by atoms with van der Waals surface area (Å²) in [7, 11) is 0. The zero-order valence-electron chi connectivity index (χ0n) is 10.7. The van der Waals surface area contributed by atoms with Crippen LogP contribution in [-0.2, 0) is 9.53 Å². The van der Waals surface area contributed by atoms with Crippen LogP contribution in [0.1, 0.15) is 26.2 Å². The van der Waals surface area contributed by atoms with Crippen molar-refractivity contribution in [1.82, 2.24) is 5.32 Å². The maximum atomic E-state index is 11.9. The Labute approximate surface area is 106 Å². The second-order valence-corrected chi connectivity index (χ2v) is 4.95. The molecule has 3 unspecified atom stereocenters. The zero-order chi connectivity index (χ0) is 13.5. The smallest absolute Gasteiger partial charge is 0.261 e. The predicted molar refractivity (Wildman–Crippen MR) is 64.3 cm³/mol. The summed E-state index contributed by atoms with van der Waals surface area (Å²) in [6, 6.07) is -0.0943. The van der Waals surface area contributed by atoms with Gasteiger partial charge < -0.3 is 15.8 Å². The summed E-state index contributed by atoms with van der Waals surface area (Å²) in [4.78, 5) is 11.9. The van der Waals surface area contributed by atoms with E-state index in [1.54, 1.807) is 0 Å². The first-order valence-corrected chi connectivity index (χ1v) is 6.40. The van der Waals surface area contributed by atoms with Gasteiger partial charge in [0.05, 0.1) is 12.5 Å². The highest BCUT2D eigenvalue weighted by Gasteiger charge is 2.31. The van der Waals surface area contributed by atoms with Gasteiger partial charge in [-0.3, -0.25) is 4.79 Å². The number of halogens is 2. The van der Waals surface area contributed by atoms with Gasteiger partial charge in [-0.15, -0.1) is 0 Å². The van der Waals surface area contributed by atoms with Crippen molar-refractivity contribution in [3.63, 3.8) is 0 Å². The van der Waals surface area contributed by atoms with Gasteiger partial charge in [-0.1, -0.05) is 6.92 Å². The van der Waals surface area contributed by atoms with Gasteiger partial charge in [-0.25, -0.2) is 8.78 Å². The topological polar surface area (TPSA) is 64.4 Å². The van der Waals surface area contributed by atoms with Gasteiger partial charge in [0.2, 0.25) is 5.91 Å². The molecule has 0 saturated heterocycles. The van der Waals surface area contributed by atoms with E-state index < -0.39 is 13.0 Å². The van der Waals surface area contributed by atoms with Crippen molar-refractivity contribution in [3.8, 4) is 0 Å². The summed E-state index contributed by atoms with van der Waals surface area (Å²) in [5, 5.41) is 2.69. The van der Waals surface area contributed by atoms with E-state index in [2.05, 4.69) is 17.0 Å². The minimum atomic E-state index is -2.46. The van der Waals surface area contributed by atoms with Gasteiger partial charge in [0.15, 0.2) is 0 Å². The lowest BCUT2D eigenvalue weighted by atomic mass is 9.79. The molecule has 4 nitrogen and oxygen atoms in total. The Morgan fingerprint density at radius 2 is 2.22 bits per heavy atom. The molecule has 0 heterocycles. The van der Waals surface area contributed by atoms with Gasteiger partial charge in [-0.05, 0) is 25.2 Å². The average molecular weight is 264 g/mol. The first kappa shape index (κ1) is 15.3. The van der Waals surface area contributed by atoms with E-state index in [0.29, 0.717) is 5.92 Å². The Morgan fingerprint density at radius 3 is 2.89 bits per heavy atom. The summed E-state index contributed by atoms with van der Waals surface area (Å²) < 4.78 is 28.2. The third kappa shape index (κ3) is 5.27. The van der Waals surface area contributed by atoms with Crippen LogP contribution in [0.3, 0.4) is 0 Å². The Hall–Kier alpha value is -0.750. The van der Waals surface area contributed by atoms with Crippen molar-refractivity contribution in [2.45, 2.75) is 38.7 Å². The molecule has 0 aromatic rings. The maximum Gasteiger partial charge on any atom is 0.261 e. The van der Waals surface area contributed by atoms with Gasteiger partial charge in [0.25, 0.3) is 6.43 Å². The number of nitrogens with one attached hydrogen (secondary N) is 1. The summed E-state index contributed by atoms with van der Waals surface area (Å²) in [6.45, 7) is 1.88. The lowest BCUT2D eigenvalue weighted by Crippen LogP contribution is -2.45. The minimum Gasteiger partial charge on any atom is -0.374 e. The first-order valence-electron chi connectivity index (χ1n) is 6.40. The summed E-state index contributed by atoms with van der Waals surface area (Å²) in [6.07, 6.45) is 0.252. The van der Waals surface area contributed by atoms with Gasteiger partial charge >= 0.3 is 0 Å². The van der Waals surface area contributed by atoms with Crippen molar-refractivity contribution in [2.75, 3.05) is 19.8 Å². The molecule has 0 aromatic heterocycles. The third-order valence-electron chi connectivity index (χ3n) is 3.29. The molecule has 3 atom stereocenters. The van der Waals surface area contributed by atoms with Crippen molar-refractivity contribution in [2.24, 2.45) is 17.6 Å². The first-order chi connectivity index (χ1) is 8.50. The number of amides is 1. The fourth-order valence-electron chi connectivity index (χ4n) is 2.26. The van der Waals surface area contributed by atoms with E-state index >= 15 is 0 Å². The Bertz CT molecular complexity index is 264. The monoisotopic (exact) mass is 264 g/mol. The average Bonchev–Trinajstić information content (AvgIpc) is 2.31. The number of hydrogen-bond donors (Lipinski definition) is 2. The number of hydrogen-bond acceptors (Lipinski definition) is 3. The molecule has 1 aliphatic carbocycles. The van der Waals surface area contributed by atoms with Crippen LogP contribution in [-0.4, -0.2) is 38.1 Å². The van der Waals surface area contributed by atoms with Gasteiger partial charge in [0, 0.05) is 12.6 Å². The number of ether oxygens (including phenoxy) is 1. The number of nitrogens with two attached hydrogens (primary N) is 1. The van der Waals surface area contributed by atoms with Crippen molar-refractivity contribution in [3.05, 3.63) is 0 Å². The molecule has 1 fully saturated rings. The highest BCUT2D eigenvalue weighted by molar-refractivity contribution is 5.79. The molecule has 0 radical (unpaired) electrons. The molecule has 1 aliphatic rings. The Balaban J connectivity index is 2.19. The van der Waals surface area contributed by atoms with E-state index in [9.17, 15) is 13.6 Å². The molecule has 6 heteroatoms. The fourth-order valence-corrected chi connectivity index (χ4v) is 2.26. The second-order valence-electron chi connectivity index (χ2n) is 4.95. The number of carbonyl (C=O) groups is 1. The van der Waals surface area contributed by atoms with Crippen LogP contribution in [0.4, 0.5) is 8.78 Å². The minimum absolute atomic E-state index is 0.0882. The van der Waals surface area contributed by atoms with Crippen molar-refractivity contribution in [1.29, 1.82) is 0 Å². The maximum absolute atomic E-state index is 11.9. The van der Waals surface area contributed by atoms with Gasteiger partial charge in [-0.2, -0.15) is 0 Å². The molecule has 1 amide bonds. The Kier molecular flexibility index (Phi) is 6.49. The number of rotatable bonds is 6. The number of carbonyl (C=O) groups excluding carboxylic acids is 1. The molecule has 0 aromatic carbocycles. The van der Waals surface area contributed by atoms with Crippen LogP contribution in [0.5, 0.6) is 0 Å². The largest absolute Gasteiger partial charge is 0.374 e. The molecule has 0 bridgehead atoms. The van der Waals surface area contributed by atoms with E-state index in [1.165, 1.54) is 0 Å². The van der Waals surface area contributed by atoms with Gasteiger partial charge in [0.1, 0.15) is 6.61 Å². The zero-order valence-corrected chi connectivity index (χ0v) is 10.7. The SMILES string of the molecule is CC1CCC(N)C(C(=O)NCCOCC(F)F)C1. The summed E-state index contributed by atoms with van der Waals surface area (Å²) >= 11 is 0. The van der Waals surface area contributed by atoms with Crippen molar-refractivity contribution < 1.29 is 18.3 Å². The van der Waals surface area contributed by atoms with Crippen LogP contribution in [0, 0.1) is 11.8 Å². The normalized spacial score (nSPS) is 28.4. The second kappa shape index (κ2) is 7.63. The lowest BCUT2D eigenvalue weighted by molar-refractivity contribution is -0.127. The predicted octanol–water partition coefficient (Wildman–Crippen LogP) is 1.15. The third-order valence-corrected chi connectivity index (χ3v) is 3.29. The molecule has 106 valence electrons. The molecule has 3 N–H and O–H groups in total. The Morgan fingerprint density at radius 1 is 1.50 bits per heavy atom. The summed E-state index contributed by atoms with van der Waals surface area (Å²) in [5.74, 6) is 0.258. The van der Waals surface area contributed by atoms with Crippen LogP contribution in [0.15, 0.2) is 0 Å². The molecule has 0 aliphatic heterocycles. The lowest BCUT2D eigenvalue weighted by Gasteiger charge is -2.31. The van der Waals surface area contributed by atoms with E-state index in [4.69, 9.17) is 5.73 Å². The molecular weight excluding hydrogens is 242 g/mol. The van der Waals surface area contributed by atoms with Crippen molar-refractivity contribution >= 4 is 5.91 Å². The van der Waals surface area contributed by atoms with Crippen LogP contribution < -0.4 is 11.1 Å². The highest BCUT2D eigenvalue weighted by atomic mass is 19.3. The quantitative estimate of drug-likeness (QED) is 0.707. The molecule has 1 saturated carbocycles. The van der Waals surface area contributed by atoms with Crippen LogP contribution >= 0.6 is 0 Å². The molecule has 0 spiro atoms. The number of alkyl halides is 2.